The fourth-order valence-electron chi connectivity index (χ4n) is 1.36. The molecule has 17 heavy (non-hydrogen) atoms. The summed E-state index contributed by atoms with van der Waals surface area (Å²) in [4.78, 5) is 14.5. The van der Waals surface area contributed by atoms with E-state index in [9.17, 15) is 4.79 Å². The molecule has 1 heterocycles. The lowest BCUT2D eigenvalue weighted by Gasteiger charge is -2.10. The molecule has 0 radical (unpaired) electrons. The van der Waals surface area contributed by atoms with Crippen LogP contribution >= 0.6 is 0 Å². The SMILES string of the molecule is CC(Nc1ccc(-n2cncn2)cc1)C(=O)O. The number of hydrogen-bond donors (Lipinski definition) is 2. The van der Waals surface area contributed by atoms with Crippen LogP contribution in [0.3, 0.4) is 0 Å². The zero-order chi connectivity index (χ0) is 12.3. The molecule has 0 spiro atoms. The summed E-state index contributed by atoms with van der Waals surface area (Å²) in [7, 11) is 0. The second-order valence-electron chi connectivity index (χ2n) is 3.59. The van der Waals surface area contributed by atoms with E-state index in [4.69, 9.17) is 5.11 Å². The van der Waals surface area contributed by atoms with Gasteiger partial charge in [0.25, 0.3) is 0 Å². The van der Waals surface area contributed by atoms with Crippen molar-refractivity contribution in [2.45, 2.75) is 13.0 Å². The molecular formula is C11H12N4O2. The van der Waals surface area contributed by atoms with E-state index >= 15 is 0 Å². The summed E-state index contributed by atoms with van der Waals surface area (Å²) in [6, 6.07) is 6.66. The summed E-state index contributed by atoms with van der Waals surface area (Å²) in [5.41, 5.74) is 1.62. The molecule has 0 aliphatic rings. The van der Waals surface area contributed by atoms with Gasteiger partial charge in [0.1, 0.15) is 18.7 Å². The Labute approximate surface area is 97.9 Å². The van der Waals surface area contributed by atoms with E-state index in [1.54, 1.807) is 30.1 Å². The first-order valence-corrected chi connectivity index (χ1v) is 5.11. The predicted molar refractivity (Wildman–Crippen MR) is 62.1 cm³/mol. The van der Waals surface area contributed by atoms with Gasteiger partial charge in [-0.05, 0) is 31.2 Å². The second-order valence-corrected chi connectivity index (χ2v) is 3.59. The molecule has 1 aromatic heterocycles. The number of anilines is 1. The molecule has 0 saturated carbocycles. The minimum atomic E-state index is -0.884. The van der Waals surface area contributed by atoms with E-state index < -0.39 is 12.0 Å². The van der Waals surface area contributed by atoms with Crippen LogP contribution in [0.1, 0.15) is 6.92 Å². The average Bonchev–Trinajstić information content (AvgIpc) is 2.83. The predicted octanol–water partition coefficient (Wildman–Crippen LogP) is 1.15. The van der Waals surface area contributed by atoms with Crippen LogP contribution in [-0.4, -0.2) is 31.9 Å². The van der Waals surface area contributed by atoms with Crippen LogP contribution in [0.15, 0.2) is 36.9 Å². The fraction of sp³-hybridized carbons (Fsp3) is 0.182. The minimum absolute atomic E-state index is 0.618. The Bertz CT molecular complexity index is 493. The molecule has 88 valence electrons. The summed E-state index contributed by atoms with van der Waals surface area (Å²) in [5, 5.41) is 15.6. The molecule has 2 aromatic rings. The van der Waals surface area contributed by atoms with Crippen LogP contribution in [0.2, 0.25) is 0 Å². The van der Waals surface area contributed by atoms with Crippen molar-refractivity contribution in [3.05, 3.63) is 36.9 Å². The quantitative estimate of drug-likeness (QED) is 0.826. The highest BCUT2D eigenvalue weighted by Crippen LogP contribution is 2.13. The first-order valence-electron chi connectivity index (χ1n) is 5.11. The van der Waals surface area contributed by atoms with Gasteiger partial charge in [0, 0.05) is 5.69 Å². The summed E-state index contributed by atoms with van der Waals surface area (Å²) < 4.78 is 1.63. The number of carboxylic acids is 1. The molecular weight excluding hydrogens is 220 g/mol. The highest BCUT2D eigenvalue weighted by atomic mass is 16.4. The largest absolute Gasteiger partial charge is 0.480 e. The molecule has 1 aromatic carbocycles. The van der Waals surface area contributed by atoms with E-state index in [1.165, 1.54) is 6.33 Å². The number of hydrogen-bond acceptors (Lipinski definition) is 4. The third-order valence-corrected chi connectivity index (χ3v) is 2.30. The number of nitrogens with zero attached hydrogens (tertiary/aromatic N) is 3. The Kier molecular flexibility index (Phi) is 3.04. The zero-order valence-corrected chi connectivity index (χ0v) is 9.24. The molecule has 0 saturated heterocycles. The van der Waals surface area contributed by atoms with Crippen molar-refractivity contribution in [1.29, 1.82) is 0 Å². The van der Waals surface area contributed by atoms with Gasteiger partial charge >= 0.3 is 5.97 Å². The van der Waals surface area contributed by atoms with E-state index in [0.29, 0.717) is 0 Å². The van der Waals surface area contributed by atoms with Gasteiger partial charge in [0.2, 0.25) is 0 Å². The lowest BCUT2D eigenvalue weighted by molar-refractivity contribution is -0.137. The fourth-order valence-corrected chi connectivity index (χ4v) is 1.36. The maximum atomic E-state index is 10.7. The standard InChI is InChI=1S/C11H12N4O2/c1-8(11(16)17)14-9-2-4-10(5-3-9)15-7-12-6-13-15/h2-8,14H,1H3,(H,16,17). The van der Waals surface area contributed by atoms with Crippen LogP contribution in [-0.2, 0) is 4.79 Å². The maximum absolute atomic E-state index is 10.7. The Morgan fingerprint density at radius 3 is 2.65 bits per heavy atom. The average molecular weight is 232 g/mol. The number of aliphatic carboxylic acids is 1. The Morgan fingerprint density at radius 1 is 1.41 bits per heavy atom. The molecule has 0 aliphatic carbocycles. The van der Waals surface area contributed by atoms with Gasteiger partial charge in [-0.2, -0.15) is 5.10 Å². The van der Waals surface area contributed by atoms with Gasteiger partial charge in [-0.3, -0.25) is 4.79 Å². The molecule has 0 bridgehead atoms. The van der Waals surface area contributed by atoms with E-state index in [-0.39, 0.29) is 0 Å². The molecule has 6 nitrogen and oxygen atoms in total. The number of rotatable bonds is 4. The van der Waals surface area contributed by atoms with Gasteiger partial charge in [0.05, 0.1) is 5.69 Å². The smallest absolute Gasteiger partial charge is 0.325 e. The van der Waals surface area contributed by atoms with Crippen molar-refractivity contribution in [1.82, 2.24) is 14.8 Å². The van der Waals surface area contributed by atoms with Crippen LogP contribution in [0, 0.1) is 0 Å². The number of aromatic nitrogens is 3. The highest BCUT2D eigenvalue weighted by molar-refractivity contribution is 5.76. The highest BCUT2D eigenvalue weighted by Gasteiger charge is 2.09. The summed E-state index contributed by atoms with van der Waals surface area (Å²) >= 11 is 0. The molecule has 0 aliphatic heterocycles. The molecule has 1 unspecified atom stereocenters. The van der Waals surface area contributed by atoms with Crippen molar-refractivity contribution in [3.63, 3.8) is 0 Å². The van der Waals surface area contributed by atoms with Crippen LogP contribution in [0.5, 0.6) is 0 Å². The summed E-state index contributed by atoms with van der Waals surface area (Å²) in [6.45, 7) is 1.59. The lowest BCUT2D eigenvalue weighted by Crippen LogP contribution is -2.25. The molecule has 1 atom stereocenters. The minimum Gasteiger partial charge on any atom is -0.480 e. The first kappa shape index (κ1) is 11.1. The molecule has 2 rings (SSSR count). The first-order chi connectivity index (χ1) is 8.16. The monoisotopic (exact) mass is 232 g/mol. The van der Waals surface area contributed by atoms with Gasteiger partial charge in [-0.1, -0.05) is 0 Å². The van der Waals surface area contributed by atoms with Crippen molar-refractivity contribution < 1.29 is 9.90 Å². The second kappa shape index (κ2) is 4.65. The van der Waals surface area contributed by atoms with Gasteiger partial charge in [-0.15, -0.1) is 0 Å². The van der Waals surface area contributed by atoms with Gasteiger partial charge < -0.3 is 10.4 Å². The van der Waals surface area contributed by atoms with E-state index in [2.05, 4.69) is 15.4 Å². The number of benzene rings is 1. The van der Waals surface area contributed by atoms with E-state index in [1.807, 2.05) is 12.1 Å². The van der Waals surface area contributed by atoms with E-state index in [0.717, 1.165) is 11.4 Å². The lowest BCUT2D eigenvalue weighted by atomic mass is 10.2. The van der Waals surface area contributed by atoms with Crippen LogP contribution in [0.4, 0.5) is 5.69 Å². The summed E-state index contributed by atoms with van der Waals surface area (Å²) in [5.74, 6) is -0.884. The Hall–Kier alpha value is -2.37. The Balaban J connectivity index is 2.11. The third kappa shape index (κ3) is 2.60. The zero-order valence-electron chi connectivity index (χ0n) is 9.24. The van der Waals surface area contributed by atoms with Crippen molar-refractivity contribution in [2.24, 2.45) is 0 Å². The molecule has 6 heteroatoms. The molecule has 2 N–H and O–H groups in total. The number of carboxylic acid groups (broad SMARTS) is 1. The van der Waals surface area contributed by atoms with Crippen molar-refractivity contribution in [2.75, 3.05) is 5.32 Å². The Morgan fingerprint density at radius 2 is 2.12 bits per heavy atom. The molecule has 0 fully saturated rings. The summed E-state index contributed by atoms with van der Waals surface area (Å²) in [6.07, 6.45) is 3.06. The molecule has 0 amide bonds. The third-order valence-electron chi connectivity index (χ3n) is 2.30. The number of nitrogens with one attached hydrogen (secondary N) is 1. The van der Waals surface area contributed by atoms with Gasteiger partial charge in [-0.25, -0.2) is 9.67 Å². The normalized spacial score (nSPS) is 12.1. The van der Waals surface area contributed by atoms with Crippen molar-refractivity contribution >= 4 is 11.7 Å². The van der Waals surface area contributed by atoms with Crippen molar-refractivity contribution in [3.8, 4) is 5.69 Å². The number of carbonyl (C=O) groups is 1. The van der Waals surface area contributed by atoms with Crippen LogP contribution < -0.4 is 5.32 Å². The van der Waals surface area contributed by atoms with Gasteiger partial charge in [0.15, 0.2) is 0 Å². The topological polar surface area (TPSA) is 80.0 Å². The maximum Gasteiger partial charge on any atom is 0.325 e. The van der Waals surface area contributed by atoms with Crippen LogP contribution in [0.25, 0.3) is 5.69 Å².